The van der Waals surface area contributed by atoms with E-state index in [2.05, 4.69) is 20.6 Å². The molecule has 0 amide bonds. The molecule has 0 spiro atoms. The first-order valence-corrected chi connectivity index (χ1v) is 7.39. The molecular formula is C17H16F2N4O. The number of benzene rings is 2. The van der Waals surface area contributed by atoms with Crippen LogP contribution in [0.3, 0.4) is 0 Å². The SMILES string of the molecule is COCCNc1nc(Nc2ccc(F)cc2F)nc2ccccc12. The lowest BCUT2D eigenvalue weighted by molar-refractivity contribution is 0.210. The minimum atomic E-state index is -0.708. The fourth-order valence-corrected chi connectivity index (χ4v) is 2.25. The lowest BCUT2D eigenvalue weighted by Gasteiger charge is -2.12. The van der Waals surface area contributed by atoms with Crippen LogP contribution >= 0.6 is 0 Å². The molecule has 3 rings (SSSR count). The van der Waals surface area contributed by atoms with Crippen molar-refractivity contribution in [2.75, 3.05) is 30.9 Å². The Kier molecular flexibility index (Phi) is 4.81. The van der Waals surface area contributed by atoms with Gasteiger partial charge in [0.2, 0.25) is 5.95 Å². The maximum Gasteiger partial charge on any atom is 0.229 e. The fraction of sp³-hybridized carbons (Fsp3) is 0.176. The van der Waals surface area contributed by atoms with E-state index in [0.717, 1.165) is 11.5 Å². The summed E-state index contributed by atoms with van der Waals surface area (Å²) >= 11 is 0. The number of halogens is 2. The van der Waals surface area contributed by atoms with Crippen LogP contribution in [0.5, 0.6) is 0 Å². The van der Waals surface area contributed by atoms with Gasteiger partial charge in [0.05, 0.1) is 17.8 Å². The molecule has 7 heteroatoms. The third kappa shape index (κ3) is 3.57. The fourth-order valence-electron chi connectivity index (χ4n) is 2.25. The van der Waals surface area contributed by atoms with Crippen LogP contribution in [0.25, 0.3) is 10.9 Å². The third-order valence-corrected chi connectivity index (χ3v) is 3.38. The van der Waals surface area contributed by atoms with Crippen LogP contribution in [0.1, 0.15) is 0 Å². The van der Waals surface area contributed by atoms with Crippen molar-refractivity contribution in [2.45, 2.75) is 0 Å². The molecule has 0 bridgehead atoms. The summed E-state index contributed by atoms with van der Waals surface area (Å²) in [6.07, 6.45) is 0. The quantitative estimate of drug-likeness (QED) is 0.675. The Morgan fingerprint density at radius 1 is 1.08 bits per heavy atom. The van der Waals surface area contributed by atoms with Gasteiger partial charge < -0.3 is 15.4 Å². The highest BCUT2D eigenvalue weighted by atomic mass is 19.1. The van der Waals surface area contributed by atoms with E-state index in [1.54, 1.807) is 7.11 Å². The van der Waals surface area contributed by atoms with Gasteiger partial charge in [-0.25, -0.2) is 13.8 Å². The van der Waals surface area contributed by atoms with E-state index in [4.69, 9.17) is 4.74 Å². The highest BCUT2D eigenvalue weighted by Crippen LogP contribution is 2.24. The number of methoxy groups -OCH3 is 1. The summed E-state index contributed by atoms with van der Waals surface area (Å²) < 4.78 is 31.8. The molecule has 2 aromatic carbocycles. The molecule has 0 aliphatic carbocycles. The Morgan fingerprint density at radius 2 is 1.92 bits per heavy atom. The van der Waals surface area contributed by atoms with Gasteiger partial charge >= 0.3 is 0 Å². The predicted octanol–water partition coefficient (Wildman–Crippen LogP) is 3.71. The first-order valence-electron chi connectivity index (χ1n) is 7.39. The highest BCUT2D eigenvalue weighted by Gasteiger charge is 2.10. The van der Waals surface area contributed by atoms with Crippen molar-refractivity contribution >= 4 is 28.4 Å². The Balaban J connectivity index is 1.95. The Hall–Kier alpha value is -2.80. The number of nitrogens with zero attached hydrogens (tertiary/aromatic N) is 2. The molecule has 1 aromatic heterocycles. The van der Waals surface area contributed by atoms with E-state index in [9.17, 15) is 8.78 Å². The molecule has 0 fully saturated rings. The number of hydrogen-bond acceptors (Lipinski definition) is 5. The molecule has 3 aromatic rings. The zero-order valence-corrected chi connectivity index (χ0v) is 13.0. The second-order valence-corrected chi connectivity index (χ2v) is 5.08. The van der Waals surface area contributed by atoms with Crippen molar-refractivity contribution in [3.05, 3.63) is 54.1 Å². The molecule has 124 valence electrons. The lowest BCUT2D eigenvalue weighted by atomic mass is 10.2. The largest absolute Gasteiger partial charge is 0.383 e. The van der Waals surface area contributed by atoms with Crippen molar-refractivity contribution in [1.82, 2.24) is 9.97 Å². The van der Waals surface area contributed by atoms with Crippen LogP contribution < -0.4 is 10.6 Å². The second kappa shape index (κ2) is 7.18. The molecule has 0 radical (unpaired) electrons. The van der Waals surface area contributed by atoms with E-state index in [-0.39, 0.29) is 11.6 Å². The number of anilines is 3. The van der Waals surface area contributed by atoms with Gasteiger partial charge in [-0.05, 0) is 24.3 Å². The van der Waals surface area contributed by atoms with Gasteiger partial charge in [0, 0.05) is 25.1 Å². The topological polar surface area (TPSA) is 59.1 Å². The molecule has 24 heavy (non-hydrogen) atoms. The van der Waals surface area contributed by atoms with Gasteiger partial charge in [0.1, 0.15) is 17.5 Å². The lowest BCUT2D eigenvalue weighted by Crippen LogP contribution is -2.11. The molecule has 1 heterocycles. The average Bonchev–Trinajstić information content (AvgIpc) is 2.57. The van der Waals surface area contributed by atoms with Crippen molar-refractivity contribution in [1.29, 1.82) is 0 Å². The molecule has 0 aliphatic rings. The minimum absolute atomic E-state index is 0.106. The predicted molar refractivity (Wildman–Crippen MR) is 89.5 cm³/mol. The van der Waals surface area contributed by atoms with Crippen LogP contribution in [0.4, 0.5) is 26.2 Å². The van der Waals surface area contributed by atoms with Gasteiger partial charge in [-0.15, -0.1) is 0 Å². The standard InChI is InChI=1S/C17H16F2N4O/c1-24-9-8-20-16-12-4-2-3-5-14(12)21-17(23-16)22-15-7-6-11(18)10-13(15)19/h2-7,10H,8-9H2,1H3,(H2,20,21,22,23). The van der Waals surface area contributed by atoms with Gasteiger partial charge in [0.15, 0.2) is 0 Å². The van der Waals surface area contributed by atoms with E-state index in [0.29, 0.717) is 24.5 Å². The smallest absolute Gasteiger partial charge is 0.229 e. The van der Waals surface area contributed by atoms with Gasteiger partial charge in [-0.1, -0.05) is 12.1 Å². The summed E-state index contributed by atoms with van der Waals surface area (Å²) in [6.45, 7) is 1.09. The Bertz CT molecular complexity index is 857. The van der Waals surface area contributed by atoms with E-state index >= 15 is 0 Å². The molecular weight excluding hydrogens is 314 g/mol. The van der Waals surface area contributed by atoms with Crippen molar-refractivity contribution < 1.29 is 13.5 Å². The van der Waals surface area contributed by atoms with Gasteiger partial charge in [0.25, 0.3) is 0 Å². The summed E-state index contributed by atoms with van der Waals surface area (Å²) in [5.41, 5.74) is 0.812. The zero-order valence-electron chi connectivity index (χ0n) is 13.0. The van der Waals surface area contributed by atoms with Crippen LogP contribution in [-0.4, -0.2) is 30.2 Å². The van der Waals surface area contributed by atoms with E-state index < -0.39 is 11.6 Å². The zero-order chi connectivity index (χ0) is 16.9. The summed E-state index contributed by atoms with van der Waals surface area (Å²) in [6, 6.07) is 10.8. The molecule has 0 saturated heterocycles. The number of ether oxygens (including phenoxy) is 1. The summed E-state index contributed by atoms with van der Waals surface area (Å²) in [7, 11) is 1.62. The van der Waals surface area contributed by atoms with Crippen molar-refractivity contribution in [3.63, 3.8) is 0 Å². The number of hydrogen-bond donors (Lipinski definition) is 2. The molecule has 0 saturated carbocycles. The second-order valence-electron chi connectivity index (χ2n) is 5.08. The summed E-state index contributed by atoms with van der Waals surface area (Å²) in [5.74, 6) is -0.512. The minimum Gasteiger partial charge on any atom is -0.383 e. The van der Waals surface area contributed by atoms with E-state index in [1.165, 1.54) is 12.1 Å². The monoisotopic (exact) mass is 330 g/mol. The number of fused-ring (bicyclic) bond motifs is 1. The van der Waals surface area contributed by atoms with E-state index in [1.807, 2.05) is 24.3 Å². The molecule has 5 nitrogen and oxygen atoms in total. The van der Waals surface area contributed by atoms with Crippen LogP contribution in [0, 0.1) is 11.6 Å². The number of nitrogens with one attached hydrogen (secondary N) is 2. The number of aromatic nitrogens is 2. The normalized spacial score (nSPS) is 10.8. The van der Waals surface area contributed by atoms with Crippen molar-refractivity contribution in [2.24, 2.45) is 0 Å². The first-order chi connectivity index (χ1) is 11.7. The molecule has 2 N–H and O–H groups in total. The van der Waals surface area contributed by atoms with Crippen molar-refractivity contribution in [3.8, 4) is 0 Å². The average molecular weight is 330 g/mol. The highest BCUT2D eigenvalue weighted by molar-refractivity contribution is 5.90. The van der Waals surface area contributed by atoms with Crippen LogP contribution in [0.2, 0.25) is 0 Å². The third-order valence-electron chi connectivity index (χ3n) is 3.38. The molecule has 0 unspecified atom stereocenters. The Morgan fingerprint density at radius 3 is 2.71 bits per heavy atom. The van der Waals surface area contributed by atoms with Crippen LogP contribution in [0.15, 0.2) is 42.5 Å². The number of rotatable bonds is 6. The van der Waals surface area contributed by atoms with Crippen LogP contribution in [-0.2, 0) is 4.74 Å². The van der Waals surface area contributed by atoms with Gasteiger partial charge in [-0.2, -0.15) is 4.98 Å². The Labute approximate surface area is 137 Å². The van der Waals surface area contributed by atoms with Gasteiger partial charge in [-0.3, -0.25) is 0 Å². The first kappa shape index (κ1) is 16.1. The maximum atomic E-state index is 13.8. The maximum absolute atomic E-state index is 13.8. The number of para-hydroxylation sites is 1. The molecule has 0 aliphatic heterocycles. The molecule has 0 atom stereocenters. The summed E-state index contributed by atoms with van der Waals surface area (Å²) in [5, 5.41) is 6.80. The summed E-state index contributed by atoms with van der Waals surface area (Å²) in [4.78, 5) is 8.75.